The molecule has 0 spiro atoms. The Labute approximate surface area is 183 Å². The van der Waals surface area contributed by atoms with Crippen molar-refractivity contribution in [2.24, 2.45) is 0 Å². The van der Waals surface area contributed by atoms with E-state index in [-0.39, 0.29) is 17.1 Å². The van der Waals surface area contributed by atoms with Crippen molar-refractivity contribution in [2.45, 2.75) is 20.1 Å². The summed E-state index contributed by atoms with van der Waals surface area (Å²) in [6.45, 7) is 0.839. The predicted molar refractivity (Wildman–Crippen MR) is 117 cm³/mol. The van der Waals surface area contributed by atoms with Crippen LogP contribution in [-0.2, 0) is 6.54 Å². The van der Waals surface area contributed by atoms with Crippen LogP contribution in [0.2, 0.25) is 0 Å². The maximum Gasteiger partial charge on any atom is 0.387 e. The number of carboxylic acids is 1. The highest BCUT2D eigenvalue weighted by molar-refractivity contribution is 6.06. The first-order valence-corrected chi connectivity index (χ1v) is 10.1. The number of carboxylic acid groups (broad SMARTS) is 1. The number of carbonyl (C=O) groups is 1. The van der Waals surface area contributed by atoms with E-state index < -0.39 is 12.6 Å². The zero-order chi connectivity index (χ0) is 22.8. The Morgan fingerprint density at radius 1 is 1.22 bits per heavy atom. The smallest absolute Gasteiger partial charge is 0.387 e. The lowest BCUT2D eigenvalue weighted by Crippen LogP contribution is -2.31. The standard InChI is InChI=1S/C24H22F2N2O4/c1-3-28-12-15(10-14-8-9-19(32-24(25)26)20(11-14)31-2)22-17(13-28)21(23(29)30)16-6-4-5-7-18(16)27-22/h4-11,24H,3,12-13H2,1-2H3,(H,29,30)/b15-10+. The van der Waals surface area contributed by atoms with Crippen molar-refractivity contribution in [3.63, 3.8) is 0 Å². The zero-order valence-electron chi connectivity index (χ0n) is 17.6. The van der Waals surface area contributed by atoms with Gasteiger partial charge in [-0.3, -0.25) is 4.90 Å². The van der Waals surface area contributed by atoms with Gasteiger partial charge in [-0.2, -0.15) is 8.78 Å². The van der Waals surface area contributed by atoms with Crippen molar-refractivity contribution in [2.75, 3.05) is 20.2 Å². The van der Waals surface area contributed by atoms with Gasteiger partial charge in [0.2, 0.25) is 0 Å². The van der Waals surface area contributed by atoms with E-state index in [2.05, 4.69) is 9.64 Å². The molecule has 3 aromatic rings. The molecule has 0 bridgehead atoms. The fraction of sp³-hybridized carbons (Fsp3) is 0.250. The lowest BCUT2D eigenvalue weighted by atomic mass is 9.92. The molecule has 0 radical (unpaired) electrons. The van der Waals surface area contributed by atoms with Crippen molar-refractivity contribution in [3.05, 3.63) is 64.8 Å². The Kier molecular flexibility index (Phi) is 6.05. The largest absolute Gasteiger partial charge is 0.493 e. The van der Waals surface area contributed by atoms with Crippen molar-refractivity contribution < 1.29 is 28.2 Å². The number of hydrogen-bond acceptors (Lipinski definition) is 5. The summed E-state index contributed by atoms with van der Waals surface area (Å²) in [6.07, 6.45) is 1.88. The number of aromatic carboxylic acids is 1. The summed E-state index contributed by atoms with van der Waals surface area (Å²) in [5.41, 5.74) is 3.71. The van der Waals surface area contributed by atoms with E-state index in [0.29, 0.717) is 40.8 Å². The molecule has 6 nitrogen and oxygen atoms in total. The number of hydrogen-bond donors (Lipinski definition) is 1. The molecule has 1 aliphatic rings. The SMILES string of the molecule is CCN1C/C(=C\c2ccc(OC(F)F)c(OC)c2)c2nc3ccccc3c(C(=O)O)c2C1. The number of likely N-dealkylation sites (N-methyl/N-ethyl adjacent to an activating group) is 1. The summed E-state index contributed by atoms with van der Waals surface area (Å²) in [4.78, 5) is 19.1. The van der Waals surface area contributed by atoms with Crippen molar-refractivity contribution in [3.8, 4) is 11.5 Å². The summed E-state index contributed by atoms with van der Waals surface area (Å²) in [6, 6.07) is 11.9. The molecule has 1 aromatic heterocycles. The number of pyridine rings is 1. The predicted octanol–water partition coefficient (Wildman–Crippen LogP) is 4.92. The highest BCUT2D eigenvalue weighted by Gasteiger charge is 2.28. The van der Waals surface area contributed by atoms with Crippen LogP contribution >= 0.6 is 0 Å². The topological polar surface area (TPSA) is 71.9 Å². The maximum absolute atomic E-state index is 12.6. The first kappa shape index (κ1) is 21.7. The van der Waals surface area contributed by atoms with Gasteiger partial charge in [0, 0.05) is 24.0 Å². The molecule has 32 heavy (non-hydrogen) atoms. The Morgan fingerprint density at radius 2 is 2.00 bits per heavy atom. The number of benzene rings is 2. The van der Waals surface area contributed by atoms with Crippen molar-refractivity contribution in [1.29, 1.82) is 0 Å². The normalized spacial score (nSPS) is 15.2. The average Bonchev–Trinajstić information content (AvgIpc) is 2.77. The first-order chi connectivity index (χ1) is 15.4. The van der Waals surface area contributed by atoms with Crippen LogP contribution in [0.15, 0.2) is 42.5 Å². The second-order valence-electron chi connectivity index (χ2n) is 7.40. The van der Waals surface area contributed by atoms with Crippen LogP contribution in [-0.4, -0.2) is 47.8 Å². The molecule has 0 atom stereocenters. The number of ether oxygens (including phenoxy) is 2. The Balaban J connectivity index is 1.88. The number of aromatic nitrogens is 1. The number of alkyl halides is 2. The van der Waals surface area contributed by atoms with Crippen molar-refractivity contribution in [1.82, 2.24) is 9.88 Å². The van der Waals surface area contributed by atoms with E-state index in [1.165, 1.54) is 13.2 Å². The van der Waals surface area contributed by atoms with E-state index in [1.54, 1.807) is 30.3 Å². The number of methoxy groups -OCH3 is 1. The van der Waals surface area contributed by atoms with Gasteiger partial charge in [0.15, 0.2) is 11.5 Å². The van der Waals surface area contributed by atoms with Crippen LogP contribution in [0.5, 0.6) is 11.5 Å². The molecular weight excluding hydrogens is 418 g/mol. The van der Waals surface area contributed by atoms with Gasteiger partial charge < -0.3 is 14.6 Å². The third-order valence-electron chi connectivity index (χ3n) is 5.48. The lowest BCUT2D eigenvalue weighted by Gasteiger charge is -2.30. The summed E-state index contributed by atoms with van der Waals surface area (Å²) >= 11 is 0. The molecule has 8 heteroatoms. The molecule has 1 aliphatic heterocycles. The summed E-state index contributed by atoms with van der Waals surface area (Å²) in [5, 5.41) is 10.6. The highest BCUT2D eigenvalue weighted by Crippen LogP contribution is 2.35. The minimum absolute atomic E-state index is 0.0545. The van der Waals surface area contributed by atoms with Gasteiger partial charge in [-0.25, -0.2) is 9.78 Å². The number of halogens is 2. The van der Waals surface area contributed by atoms with Crippen LogP contribution in [0.25, 0.3) is 22.6 Å². The van der Waals surface area contributed by atoms with E-state index in [9.17, 15) is 18.7 Å². The Morgan fingerprint density at radius 3 is 2.69 bits per heavy atom. The number of fused-ring (bicyclic) bond motifs is 2. The van der Waals surface area contributed by atoms with E-state index in [1.807, 2.05) is 19.1 Å². The van der Waals surface area contributed by atoms with Crippen LogP contribution in [0.4, 0.5) is 8.78 Å². The van der Waals surface area contributed by atoms with Crippen LogP contribution in [0.3, 0.4) is 0 Å². The number of nitrogens with zero attached hydrogens (tertiary/aromatic N) is 2. The van der Waals surface area contributed by atoms with Gasteiger partial charge in [0.1, 0.15) is 0 Å². The van der Waals surface area contributed by atoms with E-state index >= 15 is 0 Å². The fourth-order valence-electron chi connectivity index (χ4n) is 4.02. The van der Waals surface area contributed by atoms with Crippen LogP contribution in [0, 0.1) is 0 Å². The van der Waals surface area contributed by atoms with Crippen LogP contribution in [0.1, 0.15) is 34.1 Å². The van der Waals surface area contributed by atoms with Crippen molar-refractivity contribution >= 4 is 28.5 Å². The summed E-state index contributed by atoms with van der Waals surface area (Å²) in [7, 11) is 1.38. The number of rotatable bonds is 6. The number of para-hydroxylation sites is 1. The molecule has 1 N–H and O–H groups in total. The fourth-order valence-corrected chi connectivity index (χ4v) is 4.02. The molecule has 0 amide bonds. The molecule has 0 unspecified atom stereocenters. The summed E-state index contributed by atoms with van der Waals surface area (Å²) < 4.78 is 35.0. The highest BCUT2D eigenvalue weighted by atomic mass is 19.3. The van der Waals surface area contributed by atoms with Gasteiger partial charge >= 0.3 is 12.6 Å². The Hall–Kier alpha value is -3.52. The van der Waals surface area contributed by atoms with Gasteiger partial charge in [0.05, 0.1) is 23.9 Å². The average molecular weight is 440 g/mol. The third-order valence-corrected chi connectivity index (χ3v) is 5.48. The minimum atomic E-state index is -2.96. The molecule has 166 valence electrons. The second kappa shape index (κ2) is 8.92. The van der Waals surface area contributed by atoms with Gasteiger partial charge in [0.25, 0.3) is 0 Å². The first-order valence-electron chi connectivity index (χ1n) is 10.1. The zero-order valence-corrected chi connectivity index (χ0v) is 17.6. The van der Waals surface area contributed by atoms with E-state index in [0.717, 1.165) is 12.1 Å². The molecule has 4 rings (SSSR count). The maximum atomic E-state index is 12.6. The molecule has 0 fully saturated rings. The lowest BCUT2D eigenvalue weighted by molar-refractivity contribution is -0.0512. The quantitative estimate of drug-likeness (QED) is 0.587. The molecule has 2 aromatic carbocycles. The minimum Gasteiger partial charge on any atom is -0.493 e. The second-order valence-corrected chi connectivity index (χ2v) is 7.40. The Bertz CT molecular complexity index is 1210. The molecule has 0 aliphatic carbocycles. The molecule has 2 heterocycles. The molecule has 0 saturated heterocycles. The molecule has 0 saturated carbocycles. The summed E-state index contributed by atoms with van der Waals surface area (Å²) in [5.74, 6) is -0.866. The van der Waals surface area contributed by atoms with Gasteiger partial charge in [-0.05, 0) is 42.0 Å². The van der Waals surface area contributed by atoms with Crippen LogP contribution < -0.4 is 9.47 Å². The third kappa shape index (κ3) is 4.13. The monoisotopic (exact) mass is 440 g/mol. The van der Waals surface area contributed by atoms with Gasteiger partial charge in [-0.15, -0.1) is 0 Å². The van der Waals surface area contributed by atoms with E-state index in [4.69, 9.17) is 9.72 Å². The van der Waals surface area contributed by atoms with Gasteiger partial charge in [-0.1, -0.05) is 31.2 Å². The molecular formula is C24H22F2N2O4.